The predicted octanol–water partition coefficient (Wildman–Crippen LogP) is 5.67. The van der Waals surface area contributed by atoms with Gasteiger partial charge in [-0.3, -0.25) is 14.5 Å². The van der Waals surface area contributed by atoms with Crippen LogP contribution in [0.2, 0.25) is 4.34 Å². The molecular weight excluding hydrogens is 450 g/mol. The summed E-state index contributed by atoms with van der Waals surface area (Å²) in [6.07, 6.45) is 3.52. The molecule has 0 spiro atoms. The van der Waals surface area contributed by atoms with Gasteiger partial charge in [-0.2, -0.15) is 0 Å². The maximum Gasteiger partial charge on any atom is 0.204 e. The van der Waals surface area contributed by atoms with Crippen LogP contribution in [-0.2, 0) is 13.2 Å². The highest BCUT2D eigenvalue weighted by atomic mass is 35.5. The Morgan fingerprint density at radius 2 is 1.84 bits per heavy atom. The van der Waals surface area contributed by atoms with Crippen molar-refractivity contribution in [1.29, 1.82) is 0 Å². The molecule has 0 radical (unpaired) electrons. The summed E-state index contributed by atoms with van der Waals surface area (Å²) in [5.41, 5.74) is 1.88. The van der Waals surface area contributed by atoms with E-state index in [1.54, 1.807) is 30.8 Å². The third-order valence-corrected chi connectivity index (χ3v) is 6.51. The average molecular weight is 472 g/mol. The molecule has 0 atom stereocenters. The minimum atomic E-state index is 0.575. The van der Waals surface area contributed by atoms with Gasteiger partial charge >= 0.3 is 0 Å². The first-order valence-corrected chi connectivity index (χ1v) is 11.4. The van der Waals surface area contributed by atoms with E-state index in [4.69, 9.17) is 33.7 Å². The van der Waals surface area contributed by atoms with Gasteiger partial charge < -0.3 is 4.74 Å². The van der Waals surface area contributed by atoms with Gasteiger partial charge in [0.25, 0.3) is 0 Å². The average Bonchev–Trinajstić information content (AvgIpc) is 3.36. The number of hydrogen-bond acceptors (Lipinski definition) is 6. The number of ether oxygens (including phenoxy) is 1. The number of pyridine rings is 1. The molecule has 160 valence electrons. The van der Waals surface area contributed by atoms with Crippen LogP contribution in [0.15, 0.2) is 60.9 Å². The van der Waals surface area contributed by atoms with Crippen LogP contribution in [0.3, 0.4) is 0 Å². The number of hydrogen-bond donors (Lipinski definition) is 0. The molecule has 0 aliphatic heterocycles. The number of halogens is 1. The summed E-state index contributed by atoms with van der Waals surface area (Å²) in [5, 5.41) is 4.89. The molecule has 0 bridgehead atoms. The van der Waals surface area contributed by atoms with Crippen molar-refractivity contribution in [2.24, 2.45) is 0 Å². The van der Waals surface area contributed by atoms with Gasteiger partial charge in [-0.15, -0.1) is 16.4 Å². The van der Waals surface area contributed by atoms with Gasteiger partial charge in [0.05, 0.1) is 23.8 Å². The molecule has 6 nitrogen and oxygen atoms in total. The van der Waals surface area contributed by atoms with E-state index in [1.165, 1.54) is 4.88 Å². The van der Waals surface area contributed by atoms with E-state index in [0.29, 0.717) is 11.4 Å². The lowest BCUT2D eigenvalue weighted by Crippen LogP contribution is -2.26. The second-order valence-electron chi connectivity index (χ2n) is 6.87. The molecule has 9 heteroatoms. The largest absolute Gasteiger partial charge is 0.497 e. The van der Waals surface area contributed by atoms with Crippen molar-refractivity contribution in [1.82, 2.24) is 24.2 Å². The monoisotopic (exact) mass is 471 g/mol. The summed E-state index contributed by atoms with van der Waals surface area (Å²) >= 11 is 13.6. The maximum atomic E-state index is 6.10. The first kappa shape index (κ1) is 21.7. The van der Waals surface area contributed by atoms with E-state index in [0.717, 1.165) is 40.3 Å². The second-order valence-corrected chi connectivity index (χ2v) is 9.03. The van der Waals surface area contributed by atoms with Crippen molar-refractivity contribution >= 4 is 35.2 Å². The van der Waals surface area contributed by atoms with Crippen molar-refractivity contribution in [2.45, 2.75) is 20.1 Å². The fourth-order valence-electron chi connectivity index (χ4n) is 3.26. The lowest BCUT2D eigenvalue weighted by molar-refractivity contribution is 0.209. The Labute approximate surface area is 195 Å². The molecular formula is C22H22ClN5OS2. The summed E-state index contributed by atoms with van der Waals surface area (Å²) in [6.45, 7) is 4.35. The summed E-state index contributed by atoms with van der Waals surface area (Å²) < 4.78 is 10.6. The fraction of sp³-hybridized carbons (Fsp3) is 0.227. The molecule has 0 fully saturated rings. The SMILES string of the molecule is CCN(Cc1ccc(Cl)s1)Cn1nc(-c2ccncc2)n(-c2ccc(OC)cc2)c1=S. The lowest BCUT2D eigenvalue weighted by atomic mass is 10.2. The van der Waals surface area contributed by atoms with E-state index >= 15 is 0 Å². The molecule has 0 N–H and O–H groups in total. The molecule has 31 heavy (non-hydrogen) atoms. The Morgan fingerprint density at radius 3 is 2.45 bits per heavy atom. The Morgan fingerprint density at radius 1 is 1.10 bits per heavy atom. The normalized spacial score (nSPS) is 11.2. The Bertz CT molecular complexity index is 1200. The van der Waals surface area contributed by atoms with E-state index in [2.05, 4.69) is 22.9 Å². The Hall–Kier alpha value is -2.52. The molecule has 3 aromatic heterocycles. The zero-order chi connectivity index (χ0) is 21.8. The van der Waals surface area contributed by atoms with Gasteiger partial charge in [-0.25, -0.2) is 4.68 Å². The van der Waals surface area contributed by atoms with Crippen LogP contribution in [0.25, 0.3) is 17.1 Å². The van der Waals surface area contributed by atoms with Gasteiger partial charge in [-0.05, 0) is 67.3 Å². The molecule has 0 amide bonds. The highest BCUT2D eigenvalue weighted by Gasteiger charge is 2.17. The van der Waals surface area contributed by atoms with Gasteiger partial charge in [0.1, 0.15) is 5.75 Å². The standard InChI is InChI=1S/C22H22ClN5OS2/c1-3-26(14-19-8-9-20(23)31-19)15-27-22(30)28(17-4-6-18(29-2)7-5-17)21(25-27)16-10-12-24-13-11-16/h4-13H,3,14-15H2,1-2H3. The molecule has 0 aliphatic carbocycles. The van der Waals surface area contributed by atoms with Gasteiger partial charge in [0.2, 0.25) is 4.77 Å². The molecule has 0 saturated carbocycles. The van der Waals surface area contributed by atoms with Crippen molar-refractivity contribution in [3.05, 3.63) is 74.9 Å². The third-order valence-electron chi connectivity index (χ3n) is 4.90. The molecule has 0 saturated heterocycles. The van der Waals surface area contributed by atoms with Gasteiger partial charge in [0.15, 0.2) is 5.82 Å². The number of benzene rings is 1. The van der Waals surface area contributed by atoms with Gasteiger partial charge in [0, 0.05) is 29.4 Å². The number of aromatic nitrogens is 4. The zero-order valence-corrected chi connectivity index (χ0v) is 19.6. The highest BCUT2D eigenvalue weighted by Crippen LogP contribution is 2.25. The quantitative estimate of drug-likeness (QED) is 0.310. The maximum absolute atomic E-state index is 6.10. The minimum Gasteiger partial charge on any atom is -0.497 e. The van der Waals surface area contributed by atoms with Gasteiger partial charge in [-0.1, -0.05) is 18.5 Å². The predicted molar refractivity (Wildman–Crippen MR) is 128 cm³/mol. The molecule has 3 heterocycles. The topological polar surface area (TPSA) is 48.1 Å². The molecule has 1 aromatic carbocycles. The van der Waals surface area contributed by atoms with Crippen LogP contribution in [-0.4, -0.2) is 37.9 Å². The van der Waals surface area contributed by atoms with Crippen LogP contribution in [0, 0.1) is 4.77 Å². The zero-order valence-electron chi connectivity index (χ0n) is 17.2. The Balaban J connectivity index is 1.73. The minimum absolute atomic E-state index is 0.575. The summed E-state index contributed by atoms with van der Waals surface area (Å²) in [5.74, 6) is 1.56. The van der Waals surface area contributed by atoms with E-state index in [-0.39, 0.29) is 0 Å². The Kier molecular flexibility index (Phi) is 6.82. The molecule has 4 aromatic rings. The van der Waals surface area contributed by atoms with Crippen LogP contribution in [0.5, 0.6) is 5.75 Å². The van der Waals surface area contributed by atoms with E-state index in [1.807, 2.05) is 51.7 Å². The van der Waals surface area contributed by atoms with Crippen LogP contribution in [0.4, 0.5) is 0 Å². The summed E-state index contributed by atoms with van der Waals surface area (Å²) in [7, 11) is 1.65. The molecule has 0 aliphatic rings. The van der Waals surface area contributed by atoms with Crippen molar-refractivity contribution < 1.29 is 4.74 Å². The van der Waals surface area contributed by atoms with E-state index < -0.39 is 0 Å². The number of methoxy groups -OCH3 is 1. The summed E-state index contributed by atoms with van der Waals surface area (Å²) in [4.78, 5) is 7.62. The van der Waals surface area contributed by atoms with Crippen molar-refractivity contribution in [2.75, 3.05) is 13.7 Å². The van der Waals surface area contributed by atoms with E-state index in [9.17, 15) is 0 Å². The smallest absolute Gasteiger partial charge is 0.204 e. The molecule has 4 rings (SSSR count). The first-order valence-electron chi connectivity index (χ1n) is 9.80. The number of rotatable bonds is 8. The van der Waals surface area contributed by atoms with Crippen LogP contribution >= 0.6 is 35.2 Å². The van der Waals surface area contributed by atoms with Crippen molar-refractivity contribution in [3.63, 3.8) is 0 Å². The lowest BCUT2D eigenvalue weighted by Gasteiger charge is -2.19. The number of thiophene rings is 1. The third kappa shape index (κ3) is 4.88. The highest BCUT2D eigenvalue weighted by molar-refractivity contribution is 7.71. The van der Waals surface area contributed by atoms with Crippen molar-refractivity contribution in [3.8, 4) is 22.8 Å². The summed E-state index contributed by atoms with van der Waals surface area (Å²) in [6, 6.07) is 15.7. The first-order chi connectivity index (χ1) is 15.1. The second kappa shape index (κ2) is 9.74. The van der Waals surface area contributed by atoms with Crippen LogP contribution < -0.4 is 4.74 Å². The number of nitrogens with zero attached hydrogens (tertiary/aromatic N) is 5. The molecule has 0 unspecified atom stereocenters. The fourth-order valence-corrected chi connectivity index (χ4v) is 4.68. The van der Waals surface area contributed by atoms with Crippen LogP contribution in [0.1, 0.15) is 11.8 Å².